The fourth-order valence-corrected chi connectivity index (χ4v) is 3.31. The van der Waals surface area contributed by atoms with Gasteiger partial charge in [0.15, 0.2) is 5.65 Å². The Hall–Kier alpha value is -1.50. The van der Waals surface area contributed by atoms with Crippen LogP contribution in [0.4, 0.5) is 5.82 Å². The SMILES string of the molecule is O=c1[nH]nc2cc(NCC3CCSCC3)ncn12. The van der Waals surface area contributed by atoms with Gasteiger partial charge in [-0.25, -0.2) is 19.3 Å². The molecule has 0 spiro atoms. The average Bonchev–Trinajstić information content (AvgIpc) is 2.79. The van der Waals surface area contributed by atoms with E-state index in [1.165, 1.54) is 35.1 Å². The van der Waals surface area contributed by atoms with E-state index in [1.54, 1.807) is 6.07 Å². The number of aromatic nitrogens is 4. The molecule has 2 aromatic heterocycles. The van der Waals surface area contributed by atoms with Gasteiger partial charge in [-0.2, -0.15) is 16.9 Å². The molecule has 2 aromatic rings. The minimum Gasteiger partial charge on any atom is -0.370 e. The van der Waals surface area contributed by atoms with Gasteiger partial charge in [-0.05, 0) is 30.3 Å². The van der Waals surface area contributed by atoms with Crippen molar-refractivity contribution in [3.8, 4) is 0 Å². The molecule has 1 aliphatic rings. The maximum atomic E-state index is 11.3. The van der Waals surface area contributed by atoms with E-state index in [4.69, 9.17) is 0 Å². The van der Waals surface area contributed by atoms with Gasteiger partial charge in [0.25, 0.3) is 0 Å². The number of thioether (sulfide) groups is 1. The first kappa shape index (κ1) is 11.6. The molecule has 1 aliphatic heterocycles. The van der Waals surface area contributed by atoms with Crippen LogP contribution in [0.3, 0.4) is 0 Å². The molecule has 0 aliphatic carbocycles. The van der Waals surface area contributed by atoms with E-state index in [0.717, 1.165) is 18.3 Å². The van der Waals surface area contributed by atoms with Crippen molar-refractivity contribution in [1.29, 1.82) is 0 Å². The fraction of sp³-hybridized carbons (Fsp3) is 0.545. The standard InChI is InChI=1S/C11H15N5OS/c17-11-15-14-10-5-9(13-7-16(10)11)12-6-8-1-3-18-4-2-8/h5,7-8,12H,1-4,6H2,(H,15,17). The van der Waals surface area contributed by atoms with Crippen molar-refractivity contribution in [3.05, 3.63) is 22.9 Å². The summed E-state index contributed by atoms with van der Waals surface area (Å²) in [5.41, 5.74) is 0.338. The van der Waals surface area contributed by atoms with Crippen molar-refractivity contribution >= 4 is 23.2 Å². The van der Waals surface area contributed by atoms with E-state index < -0.39 is 0 Å². The number of anilines is 1. The Kier molecular flexibility index (Phi) is 3.22. The lowest BCUT2D eigenvalue weighted by Gasteiger charge is -2.21. The quantitative estimate of drug-likeness (QED) is 0.865. The summed E-state index contributed by atoms with van der Waals surface area (Å²) in [5, 5.41) is 9.64. The second-order valence-corrected chi connectivity index (χ2v) is 5.69. The molecule has 3 rings (SSSR count). The minimum absolute atomic E-state index is 0.256. The summed E-state index contributed by atoms with van der Waals surface area (Å²) in [6.45, 7) is 0.943. The zero-order valence-electron chi connectivity index (χ0n) is 9.93. The Bertz CT molecular complexity index is 586. The second kappa shape index (κ2) is 5.01. The lowest BCUT2D eigenvalue weighted by molar-refractivity contribution is 0.515. The zero-order chi connectivity index (χ0) is 12.4. The van der Waals surface area contributed by atoms with E-state index in [0.29, 0.717) is 5.65 Å². The van der Waals surface area contributed by atoms with Crippen LogP contribution in [0.5, 0.6) is 0 Å². The maximum Gasteiger partial charge on any atom is 0.348 e. The largest absolute Gasteiger partial charge is 0.370 e. The van der Waals surface area contributed by atoms with E-state index in [-0.39, 0.29) is 5.69 Å². The van der Waals surface area contributed by atoms with Crippen LogP contribution in [-0.4, -0.2) is 37.6 Å². The highest BCUT2D eigenvalue weighted by atomic mass is 32.2. The van der Waals surface area contributed by atoms with Crippen LogP contribution in [0.15, 0.2) is 17.2 Å². The normalized spacial score (nSPS) is 17.1. The van der Waals surface area contributed by atoms with Gasteiger partial charge in [0, 0.05) is 12.6 Å². The molecule has 18 heavy (non-hydrogen) atoms. The van der Waals surface area contributed by atoms with Crippen LogP contribution in [0, 0.1) is 5.92 Å². The molecule has 3 heterocycles. The molecule has 0 radical (unpaired) electrons. The number of hydrogen-bond donors (Lipinski definition) is 2. The molecular formula is C11H15N5OS. The van der Waals surface area contributed by atoms with Gasteiger partial charge in [0.1, 0.15) is 12.1 Å². The van der Waals surface area contributed by atoms with Gasteiger partial charge in [-0.15, -0.1) is 0 Å². The van der Waals surface area contributed by atoms with Crippen molar-refractivity contribution in [3.63, 3.8) is 0 Å². The van der Waals surface area contributed by atoms with Crippen molar-refractivity contribution < 1.29 is 0 Å². The molecular weight excluding hydrogens is 250 g/mol. The molecule has 0 amide bonds. The number of aromatic amines is 1. The smallest absolute Gasteiger partial charge is 0.348 e. The highest BCUT2D eigenvalue weighted by Crippen LogP contribution is 2.22. The third-order valence-electron chi connectivity index (χ3n) is 3.22. The molecule has 96 valence electrons. The van der Waals surface area contributed by atoms with Gasteiger partial charge in [0.2, 0.25) is 0 Å². The molecule has 0 aromatic carbocycles. The molecule has 1 saturated heterocycles. The summed E-state index contributed by atoms with van der Waals surface area (Å²) in [7, 11) is 0. The van der Waals surface area contributed by atoms with Gasteiger partial charge in [0.05, 0.1) is 0 Å². The third kappa shape index (κ3) is 2.35. The van der Waals surface area contributed by atoms with E-state index >= 15 is 0 Å². The van der Waals surface area contributed by atoms with Crippen LogP contribution in [0.25, 0.3) is 5.65 Å². The van der Waals surface area contributed by atoms with Crippen molar-refractivity contribution in [1.82, 2.24) is 19.6 Å². The number of fused-ring (bicyclic) bond motifs is 1. The first-order chi connectivity index (χ1) is 8.83. The summed E-state index contributed by atoms with van der Waals surface area (Å²) in [4.78, 5) is 15.5. The van der Waals surface area contributed by atoms with Crippen molar-refractivity contribution in [2.24, 2.45) is 5.92 Å². The fourth-order valence-electron chi connectivity index (χ4n) is 2.11. The van der Waals surface area contributed by atoms with Crippen molar-refractivity contribution in [2.45, 2.75) is 12.8 Å². The molecule has 1 fully saturated rings. The van der Waals surface area contributed by atoms with Crippen LogP contribution < -0.4 is 11.0 Å². The molecule has 6 nitrogen and oxygen atoms in total. The van der Waals surface area contributed by atoms with Crippen LogP contribution in [0.1, 0.15) is 12.8 Å². The predicted octanol–water partition coefficient (Wildman–Crippen LogP) is 0.973. The highest BCUT2D eigenvalue weighted by Gasteiger charge is 2.13. The maximum absolute atomic E-state index is 11.3. The average molecular weight is 265 g/mol. The number of H-pyrrole nitrogens is 1. The second-order valence-electron chi connectivity index (χ2n) is 4.47. The van der Waals surface area contributed by atoms with Gasteiger partial charge < -0.3 is 5.32 Å². The minimum atomic E-state index is -0.256. The summed E-state index contributed by atoms with van der Waals surface area (Å²) >= 11 is 2.03. The van der Waals surface area contributed by atoms with Gasteiger partial charge in [-0.1, -0.05) is 0 Å². The number of nitrogens with zero attached hydrogens (tertiary/aromatic N) is 3. The number of hydrogen-bond acceptors (Lipinski definition) is 5. The number of nitrogens with one attached hydrogen (secondary N) is 2. The first-order valence-electron chi connectivity index (χ1n) is 6.07. The summed E-state index contributed by atoms with van der Waals surface area (Å²) in [5.74, 6) is 4.02. The van der Waals surface area contributed by atoms with Crippen LogP contribution in [0.2, 0.25) is 0 Å². The topological polar surface area (TPSA) is 75.1 Å². The van der Waals surface area contributed by atoms with Crippen LogP contribution in [-0.2, 0) is 0 Å². The molecule has 7 heteroatoms. The zero-order valence-corrected chi connectivity index (χ0v) is 10.7. The predicted molar refractivity (Wildman–Crippen MR) is 72.1 cm³/mol. The lowest BCUT2D eigenvalue weighted by Crippen LogP contribution is -2.19. The Morgan fingerprint density at radius 3 is 3.17 bits per heavy atom. The van der Waals surface area contributed by atoms with Gasteiger partial charge >= 0.3 is 5.69 Å². The number of rotatable bonds is 3. The Morgan fingerprint density at radius 1 is 1.50 bits per heavy atom. The van der Waals surface area contributed by atoms with Crippen molar-refractivity contribution in [2.75, 3.05) is 23.4 Å². The molecule has 0 bridgehead atoms. The summed E-state index contributed by atoms with van der Waals surface area (Å²) in [6.07, 6.45) is 4.03. The summed E-state index contributed by atoms with van der Waals surface area (Å²) in [6, 6.07) is 1.79. The lowest BCUT2D eigenvalue weighted by atomic mass is 10.0. The molecule has 2 N–H and O–H groups in total. The Labute approximate surface area is 108 Å². The highest BCUT2D eigenvalue weighted by molar-refractivity contribution is 7.99. The monoisotopic (exact) mass is 265 g/mol. The first-order valence-corrected chi connectivity index (χ1v) is 7.23. The van der Waals surface area contributed by atoms with Crippen LogP contribution >= 0.6 is 11.8 Å². The van der Waals surface area contributed by atoms with E-state index in [1.807, 2.05) is 11.8 Å². The Balaban J connectivity index is 1.68. The van der Waals surface area contributed by atoms with E-state index in [2.05, 4.69) is 20.5 Å². The van der Waals surface area contributed by atoms with Gasteiger partial charge in [-0.3, -0.25) is 0 Å². The summed E-state index contributed by atoms with van der Waals surface area (Å²) < 4.78 is 1.39. The third-order valence-corrected chi connectivity index (χ3v) is 4.27. The Morgan fingerprint density at radius 2 is 2.33 bits per heavy atom. The molecule has 0 saturated carbocycles. The molecule has 0 atom stereocenters. The van der Waals surface area contributed by atoms with E-state index in [9.17, 15) is 4.79 Å². The molecule has 0 unspecified atom stereocenters.